The molecule has 8 heterocycles. The molecule has 0 radical (unpaired) electrons. The number of anilines is 2. The van der Waals surface area contributed by atoms with Crippen LogP contribution in [0.4, 0.5) is 11.4 Å². The highest BCUT2D eigenvalue weighted by Crippen LogP contribution is 2.44. The summed E-state index contributed by atoms with van der Waals surface area (Å²) in [4.78, 5) is 40.3. The van der Waals surface area contributed by atoms with Gasteiger partial charge in [-0.25, -0.2) is 0 Å². The number of nitrogens with one attached hydrogen (secondary N) is 2. The molecule has 6 aliphatic rings. The number of aromatic nitrogens is 2. The number of amides is 2. The molecule has 10 heteroatoms. The largest absolute Gasteiger partial charge is 0.387 e. The molecular weight excluding hydrogens is 749 g/mol. The first kappa shape index (κ1) is 42.7. The van der Waals surface area contributed by atoms with E-state index in [9.17, 15) is 19.8 Å². The van der Waals surface area contributed by atoms with E-state index in [4.69, 9.17) is 0 Å². The van der Waals surface area contributed by atoms with Crippen LogP contribution in [0.2, 0.25) is 0 Å². The number of carbonyl (C=O) groups is 2. The summed E-state index contributed by atoms with van der Waals surface area (Å²) in [5.41, 5.74) is 4.69. The van der Waals surface area contributed by atoms with Gasteiger partial charge < -0.3 is 20.8 Å². The topological polar surface area (TPSA) is 131 Å². The molecule has 2 aromatic carbocycles. The fourth-order valence-corrected chi connectivity index (χ4v) is 11.5. The van der Waals surface area contributed by atoms with Gasteiger partial charge in [0.1, 0.15) is 0 Å². The van der Waals surface area contributed by atoms with Gasteiger partial charge in [0.15, 0.2) is 0 Å². The van der Waals surface area contributed by atoms with Crippen LogP contribution < -0.4 is 10.6 Å². The van der Waals surface area contributed by atoms with Crippen LogP contribution in [0.3, 0.4) is 0 Å². The minimum absolute atomic E-state index is 0.00141. The maximum absolute atomic E-state index is 13.0. The fraction of sp³-hybridized carbons (Fsp3) is 0.600. The Hall–Kier alpha value is -3.96. The summed E-state index contributed by atoms with van der Waals surface area (Å²) in [6, 6.07) is 15.9. The van der Waals surface area contributed by atoms with Crippen molar-refractivity contribution >= 4 is 45.0 Å². The SMILES string of the molecule is CC[C@@H]1CN2CC[C@@H]1C[C@@H]2C(O)c1ccnc2c(NC(=O)CCCCCCCCCCC(=O)Nc3cccc4c(C(O)[C@@H]5C[C@@H]6CCN5C[C@@H]6CC)ccnc34)cccc12. The first-order chi connectivity index (χ1) is 29.3. The maximum atomic E-state index is 13.0. The van der Waals surface area contributed by atoms with E-state index in [1.165, 1.54) is 25.7 Å². The summed E-state index contributed by atoms with van der Waals surface area (Å²) in [5, 5.41) is 31.3. The Kier molecular flexibility index (Phi) is 14.1. The van der Waals surface area contributed by atoms with Crippen LogP contribution >= 0.6 is 0 Å². The highest BCUT2D eigenvalue weighted by molar-refractivity contribution is 6.02. The number of pyridine rings is 2. The molecule has 6 fully saturated rings. The number of fused-ring (bicyclic) bond motifs is 8. The number of carbonyl (C=O) groups excluding carboxylic acids is 2. The zero-order chi connectivity index (χ0) is 41.6. The van der Waals surface area contributed by atoms with Crippen LogP contribution in [0.1, 0.15) is 140 Å². The number of nitrogens with zero attached hydrogens (tertiary/aromatic N) is 4. The summed E-state index contributed by atoms with van der Waals surface area (Å²) in [6.45, 7) is 8.85. The van der Waals surface area contributed by atoms with Crippen molar-refractivity contribution in [1.82, 2.24) is 19.8 Å². The molecule has 4 unspecified atom stereocenters. The quantitative estimate of drug-likeness (QED) is 0.0689. The van der Waals surface area contributed by atoms with Gasteiger partial charge in [0.2, 0.25) is 11.8 Å². The lowest BCUT2D eigenvalue weighted by Crippen LogP contribution is -2.55. The summed E-state index contributed by atoms with van der Waals surface area (Å²) in [7, 11) is 0. The van der Waals surface area contributed by atoms with Gasteiger partial charge in [0, 0.05) is 61.2 Å². The minimum Gasteiger partial charge on any atom is -0.387 e. The third-order valence-corrected chi connectivity index (χ3v) is 15.0. The van der Waals surface area contributed by atoms with Crippen LogP contribution in [-0.4, -0.2) is 80.1 Å². The van der Waals surface area contributed by atoms with Crippen molar-refractivity contribution in [3.63, 3.8) is 0 Å². The van der Waals surface area contributed by atoms with E-state index in [0.29, 0.717) is 36.1 Å². The Bertz CT molecular complexity index is 1950. The van der Waals surface area contributed by atoms with Crippen LogP contribution in [-0.2, 0) is 9.59 Å². The summed E-state index contributed by atoms with van der Waals surface area (Å²) < 4.78 is 0. The Morgan fingerprint density at radius 3 is 1.43 bits per heavy atom. The van der Waals surface area contributed by atoms with Gasteiger partial charge in [0.05, 0.1) is 34.6 Å². The smallest absolute Gasteiger partial charge is 0.224 e. The monoisotopic (exact) mass is 817 g/mol. The van der Waals surface area contributed by atoms with E-state index in [2.05, 4.69) is 44.2 Å². The number of rotatable bonds is 19. The normalized spacial score (nSPS) is 26.9. The van der Waals surface area contributed by atoms with Crippen molar-refractivity contribution in [2.45, 2.75) is 141 Å². The van der Waals surface area contributed by atoms with Crippen molar-refractivity contribution in [3.8, 4) is 0 Å². The first-order valence-electron chi connectivity index (χ1n) is 23.5. The van der Waals surface area contributed by atoms with Gasteiger partial charge in [-0.1, -0.05) is 89.5 Å². The lowest BCUT2D eigenvalue weighted by Gasteiger charge is -2.51. The number of aliphatic hydroxyl groups excluding tert-OH is 2. The van der Waals surface area contributed by atoms with E-state index in [0.717, 1.165) is 135 Å². The van der Waals surface area contributed by atoms with Gasteiger partial charge in [0.25, 0.3) is 0 Å². The van der Waals surface area contributed by atoms with Gasteiger partial charge >= 0.3 is 0 Å². The molecule has 0 spiro atoms. The number of unbranched alkanes of at least 4 members (excludes halogenated alkanes) is 7. The number of benzene rings is 2. The van der Waals surface area contributed by atoms with E-state index < -0.39 is 12.2 Å². The highest BCUT2D eigenvalue weighted by atomic mass is 16.3. The van der Waals surface area contributed by atoms with Gasteiger partial charge in [-0.15, -0.1) is 0 Å². The Balaban J connectivity index is 0.721. The molecule has 322 valence electrons. The fourth-order valence-electron chi connectivity index (χ4n) is 11.5. The molecule has 2 amide bonds. The highest BCUT2D eigenvalue weighted by Gasteiger charge is 2.44. The van der Waals surface area contributed by atoms with E-state index >= 15 is 0 Å². The number of hydrogen-bond donors (Lipinski definition) is 4. The molecule has 6 saturated heterocycles. The second kappa shape index (κ2) is 19.8. The van der Waals surface area contributed by atoms with Crippen LogP contribution in [0, 0.1) is 23.7 Å². The van der Waals surface area contributed by atoms with Gasteiger partial charge in [-0.3, -0.25) is 29.4 Å². The van der Waals surface area contributed by atoms with E-state index in [1.54, 1.807) is 12.4 Å². The summed E-state index contributed by atoms with van der Waals surface area (Å²) in [5.74, 6) is 2.87. The molecule has 10 atom stereocenters. The molecule has 2 aromatic heterocycles. The molecule has 10 rings (SSSR count). The molecule has 4 N–H and O–H groups in total. The van der Waals surface area contributed by atoms with Crippen LogP contribution in [0.15, 0.2) is 60.9 Å². The summed E-state index contributed by atoms with van der Waals surface area (Å²) in [6.07, 6.45) is 18.4. The second-order valence-corrected chi connectivity index (χ2v) is 18.5. The van der Waals surface area contributed by atoms with Crippen molar-refractivity contribution in [2.24, 2.45) is 23.7 Å². The maximum Gasteiger partial charge on any atom is 0.224 e. The Morgan fingerprint density at radius 2 is 1.05 bits per heavy atom. The van der Waals surface area contributed by atoms with Crippen molar-refractivity contribution in [1.29, 1.82) is 0 Å². The molecule has 4 bridgehead atoms. The molecular formula is C50H68N6O4. The average molecular weight is 817 g/mol. The predicted octanol–water partition coefficient (Wildman–Crippen LogP) is 9.57. The Morgan fingerprint density at radius 1 is 0.633 bits per heavy atom. The lowest BCUT2D eigenvalue weighted by atomic mass is 9.72. The molecule has 6 aliphatic heterocycles. The zero-order valence-corrected chi connectivity index (χ0v) is 36.0. The van der Waals surface area contributed by atoms with Crippen LogP contribution in [0.25, 0.3) is 21.8 Å². The zero-order valence-electron chi connectivity index (χ0n) is 36.0. The van der Waals surface area contributed by atoms with Gasteiger partial charge in [-0.2, -0.15) is 0 Å². The second-order valence-electron chi connectivity index (χ2n) is 18.5. The molecule has 4 aromatic rings. The van der Waals surface area contributed by atoms with E-state index in [-0.39, 0.29) is 23.9 Å². The molecule has 60 heavy (non-hydrogen) atoms. The Labute approximate surface area is 356 Å². The number of hydrogen-bond acceptors (Lipinski definition) is 8. The average Bonchev–Trinajstić information content (AvgIpc) is 3.29. The third kappa shape index (κ3) is 9.42. The predicted molar refractivity (Wildman–Crippen MR) is 241 cm³/mol. The number of piperidine rings is 6. The number of para-hydroxylation sites is 2. The molecule has 0 aliphatic carbocycles. The first-order valence-corrected chi connectivity index (χ1v) is 23.5. The van der Waals surface area contributed by atoms with Crippen molar-refractivity contribution < 1.29 is 19.8 Å². The van der Waals surface area contributed by atoms with Crippen molar-refractivity contribution in [3.05, 3.63) is 72.1 Å². The van der Waals surface area contributed by atoms with Gasteiger partial charge in [-0.05, 0) is 111 Å². The van der Waals surface area contributed by atoms with E-state index in [1.807, 2.05) is 48.5 Å². The standard InChI is InChI=1S/C50H68N6O4/c1-3-33-31-55-27-23-35(33)29-43(55)49(59)39-21-25-51-47-37(39)15-13-17-41(47)53-45(57)19-11-9-7-5-6-8-10-12-20-46(58)54-42-18-14-16-38-40(22-26-52-48(38)42)50(60)44-30-36-24-28-56(44)32-34(36)4-2/h13-18,21-22,25-26,33-36,43-44,49-50,59-60H,3-12,19-20,23-24,27-32H2,1-2H3,(H,53,57)(H,54,58)/t33-,34+,35-,36+,43-,44+,49?,50?. The number of aliphatic hydroxyl groups is 2. The minimum atomic E-state index is -0.579. The third-order valence-electron chi connectivity index (χ3n) is 15.0. The lowest BCUT2D eigenvalue weighted by molar-refractivity contribution is -0.117. The molecule has 0 saturated carbocycles. The van der Waals surface area contributed by atoms with Crippen molar-refractivity contribution in [2.75, 3.05) is 36.8 Å². The summed E-state index contributed by atoms with van der Waals surface area (Å²) >= 11 is 0. The van der Waals surface area contributed by atoms with Crippen LogP contribution in [0.5, 0.6) is 0 Å². The molecule has 10 nitrogen and oxygen atoms in total.